The number of carbonyl (C=O) groups excluding carboxylic acids is 1. The summed E-state index contributed by atoms with van der Waals surface area (Å²) in [4.78, 5) is 11.5. The van der Waals surface area contributed by atoms with Gasteiger partial charge in [0.2, 0.25) is 5.91 Å². The lowest BCUT2D eigenvalue weighted by atomic mass is 10.1. The summed E-state index contributed by atoms with van der Waals surface area (Å²) in [5.41, 5.74) is 2.48. The van der Waals surface area contributed by atoms with Crippen LogP contribution in [0.4, 0.5) is 19.0 Å². The van der Waals surface area contributed by atoms with Crippen molar-refractivity contribution in [1.29, 1.82) is 0 Å². The Kier molecular flexibility index (Phi) is 5.36. The second kappa shape index (κ2) is 7.73. The first-order valence-corrected chi connectivity index (χ1v) is 8.19. The van der Waals surface area contributed by atoms with Crippen molar-refractivity contribution in [3.8, 4) is 22.7 Å². The van der Waals surface area contributed by atoms with Gasteiger partial charge in [-0.2, -0.15) is 5.10 Å². The number of ether oxygens (including phenoxy) is 1. The van der Waals surface area contributed by atoms with Crippen LogP contribution in [-0.2, 0) is 11.4 Å². The molecule has 0 saturated carbocycles. The predicted octanol–water partition coefficient (Wildman–Crippen LogP) is 3.89. The SMILES string of the molecule is CC(=O)Nc1cc(-c2ccc(CO)cc2)nn1-c1ccc(OC(F)(F)F)cc1. The van der Waals surface area contributed by atoms with Gasteiger partial charge in [-0.05, 0) is 29.8 Å². The first-order valence-electron chi connectivity index (χ1n) is 8.19. The van der Waals surface area contributed by atoms with Crippen molar-refractivity contribution in [3.05, 3.63) is 60.2 Å². The van der Waals surface area contributed by atoms with Crippen molar-refractivity contribution in [2.24, 2.45) is 0 Å². The Labute approximate surface area is 158 Å². The van der Waals surface area contributed by atoms with Gasteiger partial charge in [0.1, 0.15) is 11.6 Å². The van der Waals surface area contributed by atoms with Gasteiger partial charge in [-0.3, -0.25) is 4.79 Å². The topological polar surface area (TPSA) is 76.4 Å². The van der Waals surface area contributed by atoms with Gasteiger partial charge in [-0.15, -0.1) is 13.2 Å². The fraction of sp³-hybridized carbons (Fsp3) is 0.158. The zero-order chi connectivity index (χ0) is 20.3. The average Bonchev–Trinajstić information content (AvgIpc) is 3.04. The van der Waals surface area contributed by atoms with Gasteiger partial charge < -0.3 is 15.2 Å². The van der Waals surface area contributed by atoms with Gasteiger partial charge in [-0.1, -0.05) is 24.3 Å². The van der Waals surface area contributed by atoms with E-state index in [1.54, 1.807) is 30.3 Å². The van der Waals surface area contributed by atoms with Gasteiger partial charge in [0.15, 0.2) is 0 Å². The molecule has 0 spiro atoms. The lowest BCUT2D eigenvalue weighted by Gasteiger charge is -2.10. The van der Waals surface area contributed by atoms with E-state index in [2.05, 4.69) is 15.2 Å². The molecule has 9 heteroatoms. The third-order valence-corrected chi connectivity index (χ3v) is 3.76. The van der Waals surface area contributed by atoms with E-state index >= 15 is 0 Å². The number of aliphatic hydroxyl groups excluding tert-OH is 1. The van der Waals surface area contributed by atoms with Crippen molar-refractivity contribution in [2.45, 2.75) is 19.9 Å². The van der Waals surface area contributed by atoms with Gasteiger partial charge in [0, 0.05) is 18.6 Å². The summed E-state index contributed by atoms with van der Waals surface area (Å²) in [7, 11) is 0. The molecule has 2 N–H and O–H groups in total. The molecule has 28 heavy (non-hydrogen) atoms. The Balaban J connectivity index is 1.96. The largest absolute Gasteiger partial charge is 0.573 e. The zero-order valence-electron chi connectivity index (χ0n) is 14.7. The summed E-state index contributed by atoms with van der Waals surface area (Å²) in [5, 5.41) is 16.2. The molecule has 0 fully saturated rings. The van der Waals surface area contributed by atoms with Crippen LogP contribution in [0.2, 0.25) is 0 Å². The minimum Gasteiger partial charge on any atom is -0.406 e. The van der Waals surface area contributed by atoms with E-state index in [0.29, 0.717) is 17.2 Å². The van der Waals surface area contributed by atoms with E-state index in [4.69, 9.17) is 5.11 Å². The third kappa shape index (κ3) is 4.68. The fourth-order valence-electron chi connectivity index (χ4n) is 2.56. The molecule has 0 aliphatic carbocycles. The van der Waals surface area contributed by atoms with Crippen LogP contribution in [-0.4, -0.2) is 27.2 Å². The number of amides is 1. The number of alkyl halides is 3. The molecule has 0 aliphatic heterocycles. The first-order chi connectivity index (χ1) is 13.2. The van der Waals surface area contributed by atoms with Crippen molar-refractivity contribution >= 4 is 11.7 Å². The Morgan fingerprint density at radius 1 is 1.14 bits per heavy atom. The number of nitrogens with one attached hydrogen (secondary N) is 1. The molecule has 0 bridgehead atoms. The number of hydrogen-bond acceptors (Lipinski definition) is 4. The highest BCUT2D eigenvalue weighted by molar-refractivity contribution is 5.88. The van der Waals surface area contributed by atoms with Crippen molar-refractivity contribution < 1.29 is 27.8 Å². The highest BCUT2D eigenvalue weighted by atomic mass is 19.4. The third-order valence-electron chi connectivity index (χ3n) is 3.76. The van der Waals surface area contributed by atoms with Crippen LogP contribution in [0.3, 0.4) is 0 Å². The highest BCUT2D eigenvalue weighted by Gasteiger charge is 2.31. The van der Waals surface area contributed by atoms with Crippen LogP contribution in [0.25, 0.3) is 16.9 Å². The Morgan fingerprint density at radius 2 is 1.79 bits per heavy atom. The maximum atomic E-state index is 12.3. The molecule has 1 heterocycles. The fourth-order valence-corrected chi connectivity index (χ4v) is 2.56. The van der Waals surface area contributed by atoms with Gasteiger partial charge in [-0.25, -0.2) is 4.68 Å². The monoisotopic (exact) mass is 391 g/mol. The lowest BCUT2D eigenvalue weighted by molar-refractivity contribution is -0.274. The molecule has 0 aliphatic rings. The zero-order valence-corrected chi connectivity index (χ0v) is 14.7. The number of anilines is 1. The molecular weight excluding hydrogens is 375 g/mol. The number of benzene rings is 2. The minimum atomic E-state index is -4.78. The molecule has 0 unspecified atom stereocenters. The van der Waals surface area contributed by atoms with E-state index in [1.165, 1.54) is 23.7 Å². The van der Waals surface area contributed by atoms with Crippen LogP contribution in [0, 0.1) is 0 Å². The number of carbonyl (C=O) groups is 1. The molecule has 3 rings (SSSR count). The minimum absolute atomic E-state index is 0.0851. The number of rotatable bonds is 5. The van der Waals surface area contributed by atoms with E-state index in [1.807, 2.05) is 0 Å². The summed E-state index contributed by atoms with van der Waals surface area (Å²) < 4.78 is 42.2. The van der Waals surface area contributed by atoms with Crippen LogP contribution in [0.15, 0.2) is 54.6 Å². The number of hydrogen-bond donors (Lipinski definition) is 2. The van der Waals surface area contributed by atoms with Crippen LogP contribution in [0.5, 0.6) is 5.75 Å². The normalized spacial score (nSPS) is 11.3. The van der Waals surface area contributed by atoms with E-state index in [9.17, 15) is 18.0 Å². The number of aliphatic hydroxyl groups is 1. The van der Waals surface area contributed by atoms with Crippen molar-refractivity contribution in [2.75, 3.05) is 5.32 Å². The Hall–Kier alpha value is -3.33. The highest BCUT2D eigenvalue weighted by Crippen LogP contribution is 2.28. The molecule has 3 aromatic rings. The average molecular weight is 391 g/mol. The Bertz CT molecular complexity index is 965. The predicted molar refractivity (Wildman–Crippen MR) is 95.9 cm³/mol. The van der Waals surface area contributed by atoms with E-state index in [0.717, 1.165) is 23.3 Å². The van der Waals surface area contributed by atoms with Gasteiger partial charge in [0.05, 0.1) is 18.0 Å². The number of nitrogens with zero attached hydrogens (tertiary/aromatic N) is 2. The van der Waals surface area contributed by atoms with Gasteiger partial charge >= 0.3 is 6.36 Å². The quantitative estimate of drug-likeness (QED) is 0.692. The van der Waals surface area contributed by atoms with Crippen LogP contribution < -0.4 is 10.1 Å². The molecule has 1 aromatic heterocycles. The molecule has 1 amide bonds. The first kappa shape index (κ1) is 19.4. The van der Waals surface area contributed by atoms with Crippen molar-refractivity contribution in [3.63, 3.8) is 0 Å². The second-order valence-corrected chi connectivity index (χ2v) is 5.90. The number of halogens is 3. The smallest absolute Gasteiger partial charge is 0.406 e. The van der Waals surface area contributed by atoms with Crippen LogP contribution >= 0.6 is 0 Å². The van der Waals surface area contributed by atoms with Gasteiger partial charge in [0.25, 0.3) is 0 Å². The molecule has 0 atom stereocenters. The molecular formula is C19H16F3N3O3. The standard InChI is InChI=1S/C19H16F3N3O3/c1-12(27)23-18-10-17(14-4-2-13(11-26)3-5-14)24-25(18)15-6-8-16(9-7-15)28-19(20,21)22/h2-10,26H,11H2,1H3,(H,23,27). The summed E-state index contributed by atoms with van der Waals surface area (Å²) in [6, 6.07) is 13.8. The lowest BCUT2D eigenvalue weighted by Crippen LogP contribution is -2.17. The van der Waals surface area contributed by atoms with Crippen LogP contribution in [0.1, 0.15) is 12.5 Å². The Morgan fingerprint density at radius 3 is 2.32 bits per heavy atom. The maximum Gasteiger partial charge on any atom is 0.573 e. The summed E-state index contributed by atoms with van der Waals surface area (Å²) in [6.45, 7) is 1.26. The second-order valence-electron chi connectivity index (χ2n) is 5.90. The molecule has 0 saturated heterocycles. The van der Waals surface area contributed by atoms with E-state index < -0.39 is 6.36 Å². The summed E-state index contributed by atoms with van der Waals surface area (Å²) >= 11 is 0. The summed E-state index contributed by atoms with van der Waals surface area (Å²) in [5.74, 6) is -0.317. The molecule has 0 radical (unpaired) electrons. The molecule has 2 aromatic carbocycles. The number of aromatic nitrogens is 2. The van der Waals surface area contributed by atoms with E-state index in [-0.39, 0.29) is 18.3 Å². The molecule has 146 valence electrons. The van der Waals surface area contributed by atoms with Crippen molar-refractivity contribution in [1.82, 2.24) is 9.78 Å². The molecule has 6 nitrogen and oxygen atoms in total. The maximum absolute atomic E-state index is 12.3. The summed E-state index contributed by atoms with van der Waals surface area (Å²) in [6.07, 6.45) is -4.78.